The zero-order valence-electron chi connectivity index (χ0n) is 24.0. The second-order valence-electron chi connectivity index (χ2n) is 10.3. The fourth-order valence-corrected chi connectivity index (χ4v) is 5.06. The van der Waals surface area contributed by atoms with Crippen molar-refractivity contribution < 1.29 is 19.1 Å². The van der Waals surface area contributed by atoms with Gasteiger partial charge in [-0.25, -0.2) is 14.8 Å². The molecule has 4 N–H and O–H groups in total. The van der Waals surface area contributed by atoms with Crippen molar-refractivity contribution in [3.05, 3.63) is 53.2 Å². The molecule has 0 aliphatic carbocycles. The van der Waals surface area contributed by atoms with Gasteiger partial charge in [-0.1, -0.05) is 19.9 Å². The van der Waals surface area contributed by atoms with Gasteiger partial charge < -0.3 is 30.9 Å². The number of piperidine rings is 1. The lowest BCUT2D eigenvalue weighted by Crippen LogP contribution is -2.44. The highest BCUT2D eigenvalue weighted by atomic mass is 16.5. The fraction of sp³-hybridized carbons (Fsp3) is 0.433. The Kier molecular flexibility index (Phi) is 9.94. The smallest absolute Gasteiger partial charge is 0.407 e. The molecule has 0 radical (unpaired) electrons. The molecule has 2 aliphatic rings. The summed E-state index contributed by atoms with van der Waals surface area (Å²) in [6, 6.07) is 8.97. The first-order valence-corrected chi connectivity index (χ1v) is 14.1. The topological polar surface area (TPSA) is 142 Å². The Labute approximate surface area is 240 Å². The molecule has 1 aromatic carbocycles. The van der Waals surface area contributed by atoms with Gasteiger partial charge in [-0.05, 0) is 56.0 Å². The Hall–Kier alpha value is -4.41. The Morgan fingerprint density at radius 3 is 2.46 bits per heavy atom. The Bertz CT molecular complexity index is 1310. The van der Waals surface area contributed by atoms with Crippen LogP contribution in [0.5, 0.6) is 0 Å². The first-order chi connectivity index (χ1) is 19.8. The molecule has 0 bridgehead atoms. The van der Waals surface area contributed by atoms with Crippen molar-refractivity contribution in [3.8, 4) is 0 Å². The summed E-state index contributed by atoms with van der Waals surface area (Å²) in [5.41, 5.74) is 9.07. The van der Waals surface area contributed by atoms with E-state index >= 15 is 0 Å². The molecule has 3 amide bonds. The molecule has 11 nitrogen and oxygen atoms in total. The Morgan fingerprint density at radius 2 is 1.83 bits per heavy atom. The number of methoxy groups -OCH3 is 1. The van der Waals surface area contributed by atoms with E-state index in [1.807, 2.05) is 23.1 Å². The third-order valence-electron chi connectivity index (χ3n) is 7.14. The maximum Gasteiger partial charge on any atom is 0.407 e. The third-order valence-corrected chi connectivity index (χ3v) is 7.14. The van der Waals surface area contributed by atoms with Gasteiger partial charge in [0.05, 0.1) is 24.7 Å². The molecule has 0 saturated carbocycles. The molecular formula is C30H39N7O4. The summed E-state index contributed by atoms with van der Waals surface area (Å²) >= 11 is 0. The summed E-state index contributed by atoms with van der Waals surface area (Å²) in [5, 5.41) is 5.73. The lowest BCUT2D eigenvalue weighted by Gasteiger charge is -2.32. The lowest BCUT2D eigenvalue weighted by molar-refractivity contribution is -0.127. The molecule has 218 valence electrons. The van der Waals surface area contributed by atoms with Gasteiger partial charge in [0.2, 0.25) is 5.91 Å². The van der Waals surface area contributed by atoms with Crippen LogP contribution in [-0.2, 0) is 9.53 Å². The van der Waals surface area contributed by atoms with E-state index in [1.165, 1.54) is 7.11 Å². The lowest BCUT2D eigenvalue weighted by atomic mass is 10.0. The van der Waals surface area contributed by atoms with Crippen molar-refractivity contribution in [2.24, 2.45) is 10.7 Å². The summed E-state index contributed by atoms with van der Waals surface area (Å²) in [6.07, 6.45) is 6.65. The average molecular weight is 562 g/mol. The van der Waals surface area contributed by atoms with E-state index in [0.717, 1.165) is 50.2 Å². The Balaban J connectivity index is 1.41. The number of aromatic nitrogens is 1. The molecule has 0 unspecified atom stereocenters. The molecule has 41 heavy (non-hydrogen) atoms. The van der Waals surface area contributed by atoms with Crippen molar-refractivity contribution in [3.63, 3.8) is 0 Å². The summed E-state index contributed by atoms with van der Waals surface area (Å²) in [6.45, 7) is 6.99. The number of anilines is 2. The van der Waals surface area contributed by atoms with Crippen LogP contribution >= 0.6 is 0 Å². The van der Waals surface area contributed by atoms with Crippen molar-refractivity contribution in [2.75, 3.05) is 43.5 Å². The minimum atomic E-state index is -0.413. The molecular weight excluding hydrogens is 522 g/mol. The SMILES string of the molecule is CCCN(CCC)C(=O)C1=Cc2ccc(C(=O)Nc3ccc(N4CCC(NC(=O)OC)CC4)nc3)cc2N=C(N)C1. The van der Waals surface area contributed by atoms with Crippen LogP contribution in [0.15, 0.2) is 47.1 Å². The zero-order chi connectivity index (χ0) is 29.4. The molecule has 3 heterocycles. The highest BCUT2D eigenvalue weighted by Crippen LogP contribution is 2.29. The normalized spacial score (nSPS) is 15.1. The van der Waals surface area contributed by atoms with E-state index < -0.39 is 6.09 Å². The largest absolute Gasteiger partial charge is 0.453 e. The van der Waals surface area contributed by atoms with Crippen molar-refractivity contribution in [1.29, 1.82) is 0 Å². The van der Waals surface area contributed by atoms with Gasteiger partial charge in [-0.15, -0.1) is 0 Å². The number of amidine groups is 1. The van der Waals surface area contributed by atoms with Crippen molar-refractivity contribution in [1.82, 2.24) is 15.2 Å². The standard InChI is InChI=1S/C30H39N7O4/c1-4-12-37(13-5-2)29(39)22-16-20-6-7-21(17-25(20)35-26(31)18-22)28(38)33-24-8-9-27(32-19-24)36-14-10-23(11-15-36)34-30(40)41-3/h6-9,16-17,19,23H,4-5,10-15,18H2,1-3H3,(H2,31,35)(H,33,38)(H,34,40). The van der Waals surface area contributed by atoms with Gasteiger partial charge in [-0.3, -0.25) is 9.59 Å². The summed E-state index contributed by atoms with van der Waals surface area (Å²) in [7, 11) is 1.36. The number of carbonyl (C=O) groups excluding carboxylic acids is 3. The van der Waals surface area contributed by atoms with Crippen LogP contribution in [0, 0.1) is 0 Å². The number of benzene rings is 1. The highest BCUT2D eigenvalue weighted by molar-refractivity contribution is 6.07. The number of aliphatic imine (C=N–C) groups is 1. The van der Waals surface area contributed by atoms with Gasteiger partial charge in [0, 0.05) is 55.3 Å². The number of hydrogen-bond donors (Lipinski definition) is 3. The molecule has 4 rings (SSSR count). The first-order valence-electron chi connectivity index (χ1n) is 14.1. The van der Waals surface area contributed by atoms with Crippen LogP contribution in [0.4, 0.5) is 22.0 Å². The van der Waals surface area contributed by atoms with Gasteiger partial charge in [0.1, 0.15) is 11.7 Å². The van der Waals surface area contributed by atoms with Gasteiger partial charge in [0.25, 0.3) is 5.91 Å². The summed E-state index contributed by atoms with van der Waals surface area (Å²) in [5.74, 6) is 0.814. The maximum atomic E-state index is 13.2. The second-order valence-corrected chi connectivity index (χ2v) is 10.3. The number of nitrogens with two attached hydrogens (primary N) is 1. The van der Waals surface area contributed by atoms with E-state index in [4.69, 9.17) is 5.73 Å². The van der Waals surface area contributed by atoms with E-state index in [2.05, 4.69) is 44.1 Å². The number of hydrogen-bond acceptors (Lipinski definition) is 8. The summed E-state index contributed by atoms with van der Waals surface area (Å²) < 4.78 is 4.68. The van der Waals surface area contributed by atoms with Gasteiger partial charge in [0.15, 0.2) is 0 Å². The van der Waals surface area contributed by atoms with Crippen LogP contribution in [-0.4, -0.2) is 73.0 Å². The van der Waals surface area contributed by atoms with Gasteiger partial charge in [-0.2, -0.15) is 0 Å². The van der Waals surface area contributed by atoms with E-state index in [-0.39, 0.29) is 24.3 Å². The highest BCUT2D eigenvalue weighted by Gasteiger charge is 2.23. The van der Waals surface area contributed by atoms with Crippen LogP contribution in [0.2, 0.25) is 0 Å². The number of carbonyl (C=O) groups is 3. The average Bonchev–Trinajstić information content (AvgIpc) is 3.14. The molecule has 11 heteroatoms. The maximum absolute atomic E-state index is 13.2. The quantitative estimate of drug-likeness (QED) is 0.419. The number of nitrogens with one attached hydrogen (secondary N) is 2. The van der Waals surface area contributed by atoms with Crippen LogP contribution < -0.4 is 21.3 Å². The monoisotopic (exact) mass is 561 g/mol. The second kappa shape index (κ2) is 13.8. The number of alkyl carbamates (subject to hydrolysis) is 1. The van der Waals surface area contributed by atoms with Crippen LogP contribution in [0.1, 0.15) is 61.9 Å². The molecule has 2 aliphatic heterocycles. The van der Waals surface area contributed by atoms with Crippen LogP contribution in [0.3, 0.4) is 0 Å². The molecule has 1 aromatic heterocycles. The molecule has 0 atom stereocenters. The predicted octanol–water partition coefficient (Wildman–Crippen LogP) is 4.08. The zero-order valence-corrected chi connectivity index (χ0v) is 24.0. The number of pyridine rings is 1. The molecule has 0 spiro atoms. The molecule has 1 fully saturated rings. The number of rotatable bonds is 9. The number of nitrogens with zero attached hydrogens (tertiary/aromatic N) is 4. The fourth-order valence-electron chi connectivity index (χ4n) is 5.06. The van der Waals surface area contributed by atoms with E-state index in [9.17, 15) is 14.4 Å². The first kappa shape index (κ1) is 29.6. The number of fused-ring (bicyclic) bond motifs is 1. The van der Waals surface area contributed by atoms with Gasteiger partial charge >= 0.3 is 6.09 Å². The van der Waals surface area contributed by atoms with Crippen molar-refractivity contribution in [2.45, 2.75) is 52.0 Å². The van der Waals surface area contributed by atoms with E-state index in [1.54, 1.807) is 24.4 Å². The van der Waals surface area contributed by atoms with Crippen molar-refractivity contribution >= 4 is 47.0 Å². The number of amides is 3. The predicted molar refractivity (Wildman–Crippen MR) is 160 cm³/mol. The van der Waals surface area contributed by atoms with E-state index in [0.29, 0.717) is 41.4 Å². The minimum absolute atomic E-state index is 0.0281. The third kappa shape index (κ3) is 7.62. The molecule has 2 aromatic rings. The molecule has 1 saturated heterocycles. The number of ether oxygens (including phenoxy) is 1. The van der Waals surface area contributed by atoms with Crippen LogP contribution in [0.25, 0.3) is 6.08 Å². The minimum Gasteiger partial charge on any atom is -0.453 e. The summed E-state index contributed by atoms with van der Waals surface area (Å²) in [4.78, 5) is 50.7. The Morgan fingerprint density at radius 1 is 1.10 bits per heavy atom.